The van der Waals surface area contributed by atoms with Crippen molar-refractivity contribution in [2.24, 2.45) is 47.2 Å². The summed E-state index contributed by atoms with van der Waals surface area (Å²) in [6.07, 6.45) is 11.3. The predicted octanol–water partition coefficient (Wildman–Crippen LogP) is 8.82. The van der Waals surface area contributed by atoms with E-state index in [-0.39, 0.29) is 46.8 Å². The summed E-state index contributed by atoms with van der Waals surface area (Å²) in [6, 6.07) is 22.3. The normalized spacial score (nSPS) is 14.1. The van der Waals surface area contributed by atoms with Crippen LogP contribution in [0.3, 0.4) is 0 Å². The van der Waals surface area contributed by atoms with Gasteiger partial charge in [0.15, 0.2) is 7.05 Å². The van der Waals surface area contributed by atoms with Gasteiger partial charge in [-0.25, -0.2) is 0 Å². The molecule has 3 N–H and O–H groups in total. The molecule has 0 amide bonds. The molecular formula is C50H83N5O12. The molecule has 2 aromatic rings. The monoisotopic (exact) mass is 946 g/mol. The molecule has 0 aliphatic carbocycles. The molecule has 1 aliphatic rings. The number of ether oxygens (including phenoxy) is 2. The molecule has 3 rings (SSSR count). The number of rotatable bonds is 25. The smallest absolute Gasteiger partial charge is 0.293 e. The number of carbonyl (C=O) groups is 4. The lowest BCUT2D eigenvalue weighted by molar-refractivity contribution is -0.489. The van der Waals surface area contributed by atoms with Crippen molar-refractivity contribution in [2.75, 3.05) is 46.4 Å². The van der Waals surface area contributed by atoms with Crippen molar-refractivity contribution in [2.45, 2.75) is 119 Å². The van der Waals surface area contributed by atoms with E-state index in [0.717, 1.165) is 45.4 Å². The Balaban J connectivity index is -0.000000771. The van der Waals surface area contributed by atoms with Crippen LogP contribution in [0, 0.1) is 71.8 Å². The summed E-state index contributed by atoms with van der Waals surface area (Å²) in [5.74, 6) is 2.12. The van der Waals surface area contributed by atoms with E-state index in [9.17, 15) is 39.4 Å². The van der Waals surface area contributed by atoms with Crippen LogP contribution in [0.1, 0.15) is 118 Å². The van der Waals surface area contributed by atoms with E-state index >= 15 is 0 Å². The van der Waals surface area contributed by atoms with Crippen molar-refractivity contribution in [1.29, 1.82) is 0 Å². The molecule has 67 heavy (non-hydrogen) atoms. The minimum absolute atomic E-state index is 0.0546. The number of carbonyl (C=O) groups excluding carboxylic acids is 4. The molecule has 17 heteroatoms. The fourth-order valence-corrected chi connectivity index (χ4v) is 7.30. The van der Waals surface area contributed by atoms with Crippen LogP contribution >= 0.6 is 0 Å². The Morgan fingerprint density at radius 1 is 0.687 bits per heavy atom. The van der Waals surface area contributed by atoms with Gasteiger partial charge in [0, 0.05) is 44.5 Å². The Morgan fingerprint density at radius 3 is 1.45 bits per heavy atom. The first-order valence-electron chi connectivity index (χ1n) is 23.1. The zero-order chi connectivity index (χ0) is 51.6. The van der Waals surface area contributed by atoms with Gasteiger partial charge in [-0.2, -0.15) is 0 Å². The predicted molar refractivity (Wildman–Crippen MR) is 264 cm³/mol. The number of hydrogen-bond acceptors (Lipinski definition) is 14. The second kappa shape index (κ2) is 42.0. The van der Waals surface area contributed by atoms with Crippen LogP contribution in [-0.2, 0) is 34.1 Å². The minimum Gasteiger partial charge on any atom is -0.468 e. The first-order chi connectivity index (χ1) is 31.6. The summed E-state index contributed by atoms with van der Waals surface area (Å²) in [5.41, 5.74) is 8.33. The van der Waals surface area contributed by atoms with Gasteiger partial charge in [0.2, 0.25) is 13.1 Å². The third-order valence-electron chi connectivity index (χ3n) is 10.1. The number of nitrogens with zero attached hydrogens (tertiary/aromatic N) is 3. The molecule has 2 aromatic carbocycles. The lowest BCUT2D eigenvalue weighted by Gasteiger charge is -2.37. The van der Waals surface area contributed by atoms with Crippen LogP contribution < -0.4 is 11.1 Å². The Hall–Kier alpha value is -5.42. The highest BCUT2D eigenvalue weighted by Crippen LogP contribution is 2.38. The first kappa shape index (κ1) is 65.9. The topological polar surface area (TPSA) is 254 Å². The number of benzene rings is 2. The highest BCUT2D eigenvalue weighted by Gasteiger charge is 2.38. The van der Waals surface area contributed by atoms with Crippen molar-refractivity contribution in [1.82, 2.24) is 5.32 Å². The van der Waals surface area contributed by atoms with Crippen molar-refractivity contribution >= 4 is 25.5 Å². The average Bonchev–Trinajstić information content (AvgIpc) is 3.81. The Morgan fingerprint density at radius 2 is 1.10 bits per heavy atom. The van der Waals surface area contributed by atoms with Crippen LogP contribution in [-0.4, -0.2) is 92.8 Å². The first-order valence-corrected chi connectivity index (χ1v) is 23.1. The zero-order valence-corrected chi connectivity index (χ0v) is 41.9. The van der Waals surface area contributed by atoms with E-state index in [2.05, 4.69) is 110 Å². The molecule has 1 heterocycles. The number of nitro groups is 3. The van der Waals surface area contributed by atoms with Crippen molar-refractivity contribution in [3.8, 4) is 0 Å². The van der Waals surface area contributed by atoms with Gasteiger partial charge < -0.3 is 25.3 Å². The molecule has 1 saturated heterocycles. The third kappa shape index (κ3) is 38.4. The molecule has 4 atom stereocenters. The molecule has 17 nitrogen and oxygen atoms in total. The van der Waals surface area contributed by atoms with Gasteiger partial charge in [-0.3, -0.25) is 44.7 Å². The Labute approximate surface area is 399 Å². The quantitative estimate of drug-likeness (QED) is 0.0408. The van der Waals surface area contributed by atoms with Crippen molar-refractivity contribution < 1.29 is 43.4 Å². The summed E-state index contributed by atoms with van der Waals surface area (Å²) >= 11 is 0. The molecule has 1 fully saturated rings. The number of nitrogens with two attached hydrogens (primary N) is 1. The van der Waals surface area contributed by atoms with Crippen LogP contribution in [0.15, 0.2) is 72.8 Å². The van der Waals surface area contributed by atoms with E-state index in [4.69, 9.17) is 15.8 Å². The second-order valence-electron chi connectivity index (χ2n) is 18.2. The van der Waals surface area contributed by atoms with Crippen molar-refractivity contribution in [3.05, 3.63) is 114 Å². The third-order valence-corrected chi connectivity index (χ3v) is 10.1. The fraction of sp³-hybridized carbons (Fsp3) is 0.640. The van der Waals surface area contributed by atoms with Crippen LogP contribution in [0.2, 0.25) is 0 Å². The number of allylic oxidation sites excluding steroid dienone is 2. The summed E-state index contributed by atoms with van der Waals surface area (Å²) in [5, 5.41) is 32.9. The summed E-state index contributed by atoms with van der Waals surface area (Å²) in [7, 11) is 0.889. The van der Waals surface area contributed by atoms with Crippen LogP contribution in [0.4, 0.5) is 0 Å². The average molecular weight is 946 g/mol. The summed E-state index contributed by atoms with van der Waals surface area (Å²) in [4.78, 5) is 67.5. The van der Waals surface area contributed by atoms with Gasteiger partial charge in [-0.1, -0.05) is 122 Å². The highest BCUT2D eigenvalue weighted by molar-refractivity contribution is 5.64. The van der Waals surface area contributed by atoms with Gasteiger partial charge in [0.05, 0.1) is 12.5 Å². The second-order valence-corrected chi connectivity index (χ2v) is 18.2. The van der Waals surface area contributed by atoms with Crippen LogP contribution in [0.25, 0.3) is 0 Å². The molecule has 0 aromatic heterocycles. The SMILES string of the molecule is CC(C)C/C=C/C=O.CC(C)C[C@@H](CC=O)C[N+](=O)[O-].CC(C)C[C@@H](COC=O)C[N+](=O)[O-].CC(C)C[C@H](CN)COC=O.CC(c1ccccc1)(c1ccccc1)[C@H]1CCCN1.C[N+](=O)[O-]. The lowest BCUT2D eigenvalue weighted by atomic mass is 9.70. The van der Waals surface area contributed by atoms with Crippen LogP contribution in [0.5, 0.6) is 0 Å². The number of aldehydes is 2. The zero-order valence-electron chi connectivity index (χ0n) is 41.9. The molecular weight excluding hydrogens is 863 g/mol. The lowest BCUT2D eigenvalue weighted by Crippen LogP contribution is -2.43. The van der Waals surface area contributed by atoms with E-state index in [1.807, 2.05) is 33.8 Å². The Bertz CT molecular complexity index is 1560. The maximum Gasteiger partial charge on any atom is 0.293 e. The molecule has 0 bridgehead atoms. The molecule has 0 unspecified atom stereocenters. The summed E-state index contributed by atoms with van der Waals surface area (Å²) < 4.78 is 9.14. The van der Waals surface area contributed by atoms with Gasteiger partial charge in [0.1, 0.15) is 19.2 Å². The maximum atomic E-state index is 10.2. The Kier molecular flexibility index (Phi) is 41.3. The maximum absolute atomic E-state index is 10.2. The van der Waals surface area contributed by atoms with E-state index in [1.165, 1.54) is 24.0 Å². The number of nitrogens with one attached hydrogen (secondary N) is 1. The van der Waals surface area contributed by atoms with Gasteiger partial charge in [-0.15, -0.1) is 0 Å². The van der Waals surface area contributed by atoms with Crippen molar-refractivity contribution in [3.63, 3.8) is 0 Å². The van der Waals surface area contributed by atoms with Gasteiger partial charge in [0.25, 0.3) is 12.9 Å². The molecule has 0 radical (unpaired) electrons. The minimum atomic E-state index is -0.500. The highest BCUT2D eigenvalue weighted by atomic mass is 16.6. The molecule has 380 valence electrons. The summed E-state index contributed by atoms with van der Waals surface area (Å²) in [6.45, 7) is 21.7. The van der Waals surface area contributed by atoms with Gasteiger partial charge in [-0.05, 0) is 99.4 Å². The van der Waals surface area contributed by atoms with E-state index < -0.39 is 4.92 Å². The van der Waals surface area contributed by atoms with Gasteiger partial charge >= 0.3 is 0 Å². The molecule has 1 aliphatic heterocycles. The van der Waals surface area contributed by atoms with E-state index in [0.29, 0.717) is 74.6 Å². The fourth-order valence-electron chi connectivity index (χ4n) is 7.30. The van der Waals surface area contributed by atoms with E-state index in [1.54, 1.807) is 6.08 Å². The largest absolute Gasteiger partial charge is 0.468 e. The molecule has 0 saturated carbocycles. The standard InChI is InChI=1S/C18H21N.C8H15NO4.C8H15NO3.C8H17NO2.C7H12O.CH3NO2/c1-18(17-13-8-14-19-17,15-9-4-2-5-10-15)16-11-6-3-7-12-16;1-7(2)3-8(4-9(11)12)5-13-6-10;1-7(2)5-8(3-4-10)6-9(11)12;1-7(2)3-8(4-9)5-11-6-10;1-7(2)5-3-4-6-8;1-2(3)4/h2-7,9-12,17,19H,8,13-14H2,1H3;6-8H,3-5H2,1-2H3;4,7-8H,3,5-6H2,1-2H3;6-8H,3-5,9H2,1-2H3;3-4,6-7H,5H2,1-2H3;1H3/b;;;;4-3+;/t17-;3*8-;;/m1111../s1. The molecule has 0 spiro atoms. The number of hydrogen-bond donors (Lipinski definition) is 2.